The van der Waals surface area contributed by atoms with Crippen LogP contribution in [-0.2, 0) is 4.74 Å². The van der Waals surface area contributed by atoms with Crippen molar-refractivity contribution in [1.29, 1.82) is 0 Å². The molecule has 1 aromatic heterocycles. The van der Waals surface area contributed by atoms with Crippen LogP contribution in [0.5, 0.6) is 0 Å². The summed E-state index contributed by atoms with van der Waals surface area (Å²) in [6.07, 6.45) is 3.35. The summed E-state index contributed by atoms with van der Waals surface area (Å²) in [6.45, 7) is 6.62. The molecule has 23 heavy (non-hydrogen) atoms. The third-order valence-corrected chi connectivity index (χ3v) is 4.17. The molecule has 1 N–H and O–H groups in total. The van der Waals surface area contributed by atoms with Crippen LogP contribution in [0.4, 0.5) is 11.4 Å². The molecular formula is C18H21N3O2. The Bertz CT molecular complexity index is 709. The van der Waals surface area contributed by atoms with Gasteiger partial charge in [0.2, 0.25) is 0 Å². The number of anilines is 2. The topological polar surface area (TPSA) is 54.5 Å². The highest BCUT2D eigenvalue weighted by molar-refractivity contribution is 5.95. The van der Waals surface area contributed by atoms with Crippen LogP contribution in [-0.4, -0.2) is 42.1 Å². The number of aromatic nitrogens is 1. The number of nitrogens with one attached hydrogen (secondary N) is 1. The van der Waals surface area contributed by atoms with Gasteiger partial charge in [-0.25, -0.2) is 0 Å². The van der Waals surface area contributed by atoms with Gasteiger partial charge in [-0.1, -0.05) is 12.1 Å². The zero-order valence-corrected chi connectivity index (χ0v) is 13.5. The Labute approximate surface area is 136 Å². The number of benzene rings is 1. The Hall–Kier alpha value is -2.40. The van der Waals surface area contributed by atoms with Crippen molar-refractivity contribution in [3.63, 3.8) is 0 Å². The maximum absolute atomic E-state index is 12.5. The number of amides is 1. The van der Waals surface area contributed by atoms with Gasteiger partial charge < -0.3 is 15.0 Å². The summed E-state index contributed by atoms with van der Waals surface area (Å²) in [5.41, 5.74) is 4.86. The van der Waals surface area contributed by atoms with Crippen LogP contribution in [0.1, 0.15) is 21.5 Å². The molecule has 0 atom stereocenters. The molecule has 5 heteroatoms. The molecule has 1 aliphatic rings. The number of pyridine rings is 1. The maximum Gasteiger partial charge on any atom is 0.255 e. The molecule has 0 saturated carbocycles. The van der Waals surface area contributed by atoms with Crippen LogP contribution in [0.3, 0.4) is 0 Å². The van der Waals surface area contributed by atoms with Gasteiger partial charge in [0.1, 0.15) is 0 Å². The van der Waals surface area contributed by atoms with E-state index in [2.05, 4.69) is 30.2 Å². The molecular weight excluding hydrogens is 290 g/mol. The van der Waals surface area contributed by atoms with E-state index in [1.165, 1.54) is 11.1 Å². The Morgan fingerprint density at radius 3 is 2.78 bits per heavy atom. The van der Waals surface area contributed by atoms with E-state index in [0.717, 1.165) is 11.4 Å². The number of hydrogen-bond donors (Lipinski definition) is 1. The Balaban J connectivity index is 1.79. The average molecular weight is 311 g/mol. The number of aryl methyl sites for hydroxylation is 1. The lowest BCUT2D eigenvalue weighted by molar-refractivity contribution is 0.0302. The number of nitrogens with zero attached hydrogens (tertiary/aromatic N) is 2. The number of rotatable bonds is 3. The molecule has 1 aliphatic heterocycles. The van der Waals surface area contributed by atoms with Crippen molar-refractivity contribution >= 4 is 17.3 Å². The molecule has 1 saturated heterocycles. The first-order valence-electron chi connectivity index (χ1n) is 7.80. The van der Waals surface area contributed by atoms with E-state index in [4.69, 9.17) is 4.74 Å². The molecule has 2 heterocycles. The van der Waals surface area contributed by atoms with Crippen molar-refractivity contribution in [3.05, 3.63) is 53.3 Å². The van der Waals surface area contributed by atoms with E-state index in [1.807, 2.05) is 23.1 Å². The minimum atomic E-state index is 0.00501. The van der Waals surface area contributed by atoms with Gasteiger partial charge in [-0.05, 0) is 37.1 Å². The Morgan fingerprint density at radius 2 is 2.00 bits per heavy atom. The lowest BCUT2D eigenvalue weighted by atomic mass is 10.1. The summed E-state index contributed by atoms with van der Waals surface area (Å²) in [4.78, 5) is 18.5. The van der Waals surface area contributed by atoms with E-state index >= 15 is 0 Å². The fourth-order valence-corrected chi connectivity index (χ4v) is 2.62. The highest BCUT2D eigenvalue weighted by atomic mass is 16.5. The molecule has 1 aromatic carbocycles. The van der Waals surface area contributed by atoms with Gasteiger partial charge in [0.05, 0.1) is 30.7 Å². The average Bonchev–Trinajstić information content (AvgIpc) is 2.59. The van der Waals surface area contributed by atoms with Crippen LogP contribution in [0.25, 0.3) is 0 Å². The first kappa shape index (κ1) is 15.5. The van der Waals surface area contributed by atoms with Gasteiger partial charge in [0.25, 0.3) is 5.91 Å². The second kappa shape index (κ2) is 6.79. The van der Waals surface area contributed by atoms with E-state index in [0.29, 0.717) is 31.9 Å². The van der Waals surface area contributed by atoms with Gasteiger partial charge in [0.15, 0.2) is 0 Å². The SMILES string of the molecule is Cc1cccc(Nc2cncc(C(=O)N3CCOCC3)c2)c1C. The Kier molecular flexibility index (Phi) is 4.57. The summed E-state index contributed by atoms with van der Waals surface area (Å²) < 4.78 is 5.29. The van der Waals surface area contributed by atoms with E-state index in [-0.39, 0.29) is 5.91 Å². The van der Waals surface area contributed by atoms with Crippen LogP contribution in [0, 0.1) is 13.8 Å². The quantitative estimate of drug-likeness (QED) is 0.947. The van der Waals surface area contributed by atoms with Crippen molar-refractivity contribution < 1.29 is 9.53 Å². The molecule has 1 amide bonds. The zero-order chi connectivity index (χ0) is 16.2. The zero-order valence-electron chi connectivity index (χ0n) is 13.5. The maximum atomic E-state index is 12.5. The largest absolute Gasteiger partial charge is 0.378 e. The van der Waals surface area contributed by atoms with Crippen molar-refractivity contribution in [3.8, 4) is 0 Å². The molecule has 120 valence electrons. The molecule has 0 spiro atoms. The Morgan fingerprint density at radius 1 is 1.22 bits per heavy atom. The fourth-order valence-electron chi connectivity index (χ4n) is 2.62. The lowest BCUT2D eigenvalue weighted by Gasteiger charge is -2.26. The monoisotopic (exact) mass is 311 g/mol. The van der Waals surface area contributed by atoms with E-state index in [9.17, 15) is 4.79 Å². The first-order valence-corrected chi connectivity index (χ1v) is 7.80. The van der Waals surface area contributed by atoms with Crippen molar-refractivity contribution in [2.24, 2.45) is 0 Å². The second-order valence-electron chi connectivity index (χ2n) is 5.74. The third kappa shape index (κ3) is 3.51. The standard InChI is InChI=1S/C18H21N3O2/c1-13-4-3-5-17(14(13)2)20-16-10-15(11-19-12-16)18(22)21-6-8-23-9-7-21/h3-5,10-12,20H,6-9H2,1-2H3. The number of hydrogen-bond acceptors (Lipinski definition) is 4. The molecule has 3 rings (SSSR count). The predicted octanol–water partition coefficient (Wildman–Crippen LogP) is 2.91. The fraction of sp³-hybridized carbons (Fsp3) is 0.333. The minimum absolute atomic E-state index is 0.00501. The van der Waals surface area contributed by atoms with Gasteiger partial charge >= 0.3 is 0 Å². The molecule has 0 aliphatic carbocycles. The van der Waals surface area contributed by atoms with Crippen molar-refractivity contribution in [2.75, 3.05) is 31.6 Å². The summed E-state index contributed by atoms with van der Waals surface area (Å²) in [5.74, 6) is 0.00501. The minimum Gasteiger partial charge on any atom is -0.378 e. The second-order valence-corrected chi connectivity index (χ2v) is 5.74. The summed E-state index contributed by atoms with van der Waals surface area (Å²) in [6, 6.07) is 7.98. The summed E-state index contributed by atoms with van der Waals surface area (Å²) in [5, 5.41) is 3.35. The highest BCUT2D eigenvalue weighted by Crippen LogP contribution is 2.23. The van der Waals surface area contributed by atoms with Crippen LogP contribution < -0.4 is 5.32 Å². The normalized spacial score (nSPS) is 14.6. The number of carbonyl (C=O) groups is 1. The van der Waals surface area contributed by atoms with Gasteiger partial charge in [0, 0.05) is 25.0 Å². The predicted molar refractivity (Wildman–Crippen MR) is 90.2 cm³/mol. The van der Waals surface area contributed by atoms with Crippen molar-refractivity contribution in [1.82, 2.24) is 9.88 Å². The highest BCUT2D eigenvalue weighted by Gasteiger charge is 2.19. The molecule has 5 nitrogen and oxygen atoms in total. The summed E-state index contributed by atoms with van der Waals surface area (Å²) in [7, 11) is 0. The van der Waals surface area contributed by atoms with Crippen molar-refractivity contribution in [2.45, 2.75) is 13.8 Å². The molecule has 0 radical (unpaired) electrons. The number of ether oxygens (including phenoxy) is 1. The van der Waals surface area contributed by atoms with Crippen LogP contribution in [0.2, 0.25) is 0 Å². The number of morpholine rings is 1. The molecule has 2 aromatic rings. The van der Waals surface area contributed by atoms with Gasteiger partial charge in [-0.3, -0.25) is 9.78 Å². The molecule has 0 bridgehead atoms. The van der Waals surface area contributed by atoms with Gasteiger partial charge in [-0.2, -0.15) is 0 Å². The first-order chi connectivity index (χ1) is 11.1. The van der Waals surface area contributed by atoms with Gasteiger partial charge in [-0.15, -0.1) is 0 Å². The van der Waals surface area contributed by atoms with E-state index < -0.39 is 0 Å². The van der Waals surface area contributed by atoms with Crippen LogP contribution in [0.15, 0.2) is 36.7 Å². The summed E-state index contributed by atoms with van der Waals surface area (Å²) >= 11 is 0. The molecule has 0 unspecified atom stereocenters. The smallest absolute Gasteiger partial charge is 0.255 e. The number of carbonyl (C=O) groups excluding carboxylic acids is 1. The van der Waals surface area contributed by atoms with E-state index in [1.54, 1.807) is 12.4 Å². The lowest BCUT2D eigenvalue weighted by Crippen LogP contribution is -2.40. The molecule has 1 fully saturated rings. The van der Waals surface area contributed by atoms with Crippen LogP contribution >= 0.6 is 0 Å². The third-order valence-electron chi connectivity index (χ3n) is 4.17.